The highest BCUT2D eigenvalue weighted by Crippen LogP contribution is 2.34. The van der Waals surface area contributed by atoms with Crippen LogP contribution >= 0.6 is 0 Å². The fourth-order valence-corrected chi connectivity index (χ4v) is 4.86. The molecule has 0 unspecified atom stereocenters. The van der Waals surface area contributed by atoms with Gasteiger partial charge in [-0.2, -0.15) is 0 Å². The number of hydrogen-bond acceptors (Lipinski definition) is 15. The van der Waals surface area contributed by atoms with Crippen LogP contribution in [0, 0.1) is 0 Å². The largest absolute Gasteiger partial charge is 0.494 e. The molecule has 4 rings (SSSR count). The minimum absolute atomic E-state index is 0.0232. The summed E-state index contributed by atoms with van der Waals surface area (Å²) in [5, 5.41) is 10.8. The van der Waals surface area contributed by atoms with Gasteiger partial charge < -0.3 is 47.7 Å². The molecular weight excluding hydrogens is 744 g/mol. The normalized spacial score (nSPS) is 10.5. The Morgan fingerprint density at radius 1 is 0.544 bits per heavy atom. The van der Waals surface area contributed by atoms with Crippen LogP contribution in [-0.4, -0.2) is 87.8 Å². The zero-order valence-corrected chi connectivity index (χ0v) is 31.2. The third-order valence-corrected chi connectivity index (χ3v) is 7.50. The van der Waals surface area contributed by atoms with Crippen molar-refractivity contribution in [1.29, 1.82) is 0 Å². The van der Waals surface area contributed by atoms with Gasteiger partial charge in [-0.1, -0.05) is 25.3 Å². The first-order chi connectivity index (χ1) is 27.6. The van der Waals surface area contributed by atoms with Crippen LogP contribution in [0.3, 0.4) is 0 Å². The Morgan fingerprint density at radius 2 is 1.16 bits per heavy atom. The second-order valence-corrected chi connectivity index (χ2v) is 11.7. The zero-order chi connectivity index (χ0) is 41.0. The smallest absolute Gasteiger partial charge is 0.343 e. The van der Waals surface area contributed by atoms with E-state index >= 15 is 0 Å². The molecule has 0 heterocycles. The van der Waals surface area contributed by atoms with Crippen LogP contribution in [0.15, 0.2) is 98.1 Å². The highest BCUT2D eigenvalue weighted by atomic mass is 16.6. The number of aliphatic hydroxyl groups is 1. The molecule has 4 aromatic rings. The molecule has 0 spiro atoms. The fraction of sp³-hybridized carbons (Fsp3) is 0.262. The van der Waals surface area contributed by atoms with E-state index in [9.17, 15) is 29.1 Å². The lowest BCUT2D eigenvalue weighted by Crippen LogP contribution is -2.14. The molecule has 0 atom stereocenters. The van der Waals surface area contributed by atoms with E-state index in [1.165, 1.54) is 36.4 Å². The van der Waals surface area contributed by atoms with Gasteiger partial charge in [-0.3, -0.25) is 4.79 Å². The van der Waals surface area contributed by atoms with Crippen LogP contribution in [0.2, 0.25) is 0 Å². The molecule has 4 aromatic carbocycles. The molecule has 0 saturated heterocycles. The van der Waals surface area contributed by atoms with Crippen molar-refractivity contribution in [2.75, 3.05) is 52.9 Å². The van der Waals surface area contributed by atoms with E-state index in [-0.39, 0.29) is 86.1 Å². The molecule has 0 aromatic heterocycles. The maximum Gasteiger partial charge on any atom is 0.343 e. The number of ether oxygens (including phenoxy) is 9. The summed E-state index contributed by atoms with van der Waals surface area (Å²) >= 11 is 0. The Hall–Kier alpha value is -6.71. The highest BCUT2D eigenvalue weighted by Gasteiger charge is 2.19. The maximum atomic E-state index is 13.2. The fourth-order valence-electron chi connectivity index (χ4n) is 4.86. The second kappa shape index (κ2) is 22.6. The Balaban J connectivity index is 1.37. The summed E-state index contributed by atoms with van der Waals surface area (Å²) in [6, 6.07) is 18.6. The number of benzene rings is 4. The van der Waals surface area contributed by atoms with Gasteiger partial charge in [-0.25, -0.2) is 19.2 Å². The lowest BCUT2D eigenvalue weighted by molar-refractivity contribution is -0.139. The summed E-state index contributed by atoms with van der Waals surface area (Å²) in [5.41, 5.74) is 0.291. The Kier molecular flexibility index (Phi) is 17.1. The first-order valence-corrected chi connectivity index (χ1v) is 17.7. The summed E-state index contributed by atoms with van der Waals surface area (Å²) in [6.45, 7) is 8.61. The van der Waals surface area contributed by atoms with E-state index in [4.69, 9.17) is 42.6 Å². The minimum atomic E-state index is -0.803. The average Bonchev–Trinajstić information content (AvgIpc) is 3.21. The van der Waals surface area contributed by atoms with Crippen molar-refractivity contribution < 1.29 is 71.7 Å². The third-order valence-electron chi connectivity index (χ3n) is 7.50. The molecule has 0 saturated carbocycles. The zero-order valence-electron chi connectivity index (χ0n) is 31.2. The highest BCUT2D eigenvalue weighted by molar-refractivity contribution is 5.97. The van der Waals surface area contributed by atoms with Crippen LogP contribution in [0.4, 0.5) is 0 Å². The van der Waals surface area contributed by atoms with Crippen molar-refractivity contribution in [3.63, 3.8) is 0 Å². The lowest BCUT2D eigenvalue weighted by atomic mass is 10.1. The summed E-state index contributed by atoms with van der Waals surface area (Å²) in [6.07, 6.45) is 3.48. The summed E-state index contributed by atoms with van der Waals surface area (Å²) in [7, 11) is 0. The molecular formula is C42H42O15. The van der Waals surface area contributed by atoms with Gasteiger partial charge in [0.25, 0.3) is 0 Å². The van der Waals surface area contributed by atoms with Gasteiger partial charge in [0.05, 0.1) is 44.2 Å². The van der Waals surface area contributed by atoms with Gasteiger partial charge in [-0.05, 0) is 78.2 Å². The van der Waals surface area contributed by atoms with E-state index in [1.54, 1.807) is 30.3 Å². The predicted molar refractivity (Wildman–Crippen MR) is 204 cm³/mol. The van der Waals surface area contributed by atoms with Crippen molar-refractivity contribution >= 4 is 40.6 Å². The molecule has 57 heavy (non-hydrogen) atoms. The number of rotatable bonds is 23. The predicted octanol–water partition coefficient (Wildman–Crippen LogP) is 5.59. The van der Waals surface area contributed by atoms with Gasteiger partial charge in [0.15, 0.2) is 23.0 Å². The van der Waals surface area contributed by atoms with E-state index in [0.717, 1.165) is 29.8 Å². The topological polar surface area (TPSA) is 189 Å². The Labute approximate surface area is 328 Å². The van der Waals surface area contributed by atoms with Crippen molar-refractivity contribution in [1.82, 2.24) is 0 Å². The SMILES string of the molecule is C=CC(=O)OCCCCOc1ccc2cc(C(=O)Oc3ccc(OC(=O)c4ccc(OCCOCCOC(=O)C=C)c(OCCO)c4)cc3OC(C)=O)ccc2c1. The first kappa shape index (κ1) is 43.0. The number of unbranched alkanes of at least 4 members (excludes halogenated alkanes) is 1. The molecule has 0 radical (unpaired) electrons. The quantitative estimate of drug-likeness (QED) is 0.0424. The maximum absolute atomic E-state index is 13.2. The summed E-state index contributed by atoms with van der Waals surface area (Å²) in [4.78, 5) is 60.6. The van der Waals surface area contributed by atoms with Gasteiger partial charge in [0.1, 0.15) is 31.3 Å². The Bertz CT molecular complexity index is 2050. The molecule has 0 aliphatic carbocycles. The van der Waals surface area contributed by atoms with Gasteiger partial charge in [0.2, 0.25) is 0 Å². The molecule has 0 fully saturated rings. The second-order valence-electron chi connectivity index (χ2n) is 11.7. The molecule has 1 N–H and O–H groups in total. The minimum Gasteiger partial charge on any atom is -0.494 e. The number of carbonyl (C=O) groups is 5. The number of fused-ring (bicyclic) bond motifs is 1. The Morgan fingerprint density at radius 3 is 1.91 bits per heavy atom. The molecule has 0 aliphatic heterocycles. The molecule has 0 amide bonds. The van der Waals surface area contributed by atoms with Crippen LogP contribution in [-0.2, 0) is 28.6 Å². The van der Waals surface area contributed by atoms with E-state index in [2.05, 4.69) is 13.2 Å². The van der Waals surface area contributed by atoms with E-state index < -0.39 is 29.8 Å². The molecule has 0 aliphatic rings. The lowest BCUT2D eigenvalue weighted by Gasteiger charge is -2.14. The molecule has 300 valence electrons. The number of hydrogen-bond donors (Lipinski definition) is 1. The monoisotopic (exact) mass is 786 g/mol. The molecule has 15 heteroatoms. The third kappa shape index (κ3) is 14.1. The summed E-state index contributed by atoms with van der Waals surface area (Å²) in [5.74, 6) is -2.50. The van der Waals surface area contributed by atoms with Gasteiger partial charge >= 0.3 is 29.8 Å². The van der Waals surface area contributed by atoms with E-state index in [1.807, 2.05) is 6.07 Å². The summed E-state index contributed by atoms with van der Waals surface area (Å²) < 4.78 is 48.6. The van der Waals surface area contributed by atoms with Crippen LogP contribution in [0.5, 0.6) is 34.5 Å². The van der Waals surface area contributed by atoms with Gasteiger partial charge in [0, 0.05) is 25.1 Å². The van der Waals surface area contributed by atoms with Crippen molar-refractivity contribution in [2.24, 2.45) is 0 Å². The van der Waals surface area contributed by atoms with Crippen LogP contribution in [0.25, 0.3) is 10.8 Å². The van der Waals surface area contributed by atoms with Crippen molar-refractivity contribution in [2.45, 2.75) is 19.8 Å². The van der Waals surface area contributed by atoms with E-state index in [0.29, 0.717) is 25.2 Å². The molecule has 0 bridgehead atoms. The first-order valence-electron chi connectivity index (χ1n) is 17.7. The standard InChI is InChI=1S/C42H42O15/c1-4-39(45)53-18-7-6-17-50-33-12-10-29-24-31(9-8-30(29)25-33)42(48)57-36-15-13-34(27-38(36)55-28(3)44)56-41(47)32-11-14-35(37(26-32)51-19-16-43)52-22-20-49-21-23-54-40(46)5-2/h4-5,8-15,24-27,43H,1-2,6-7,16-23H2,3H3. The van der Waals surface area contributed by atoms with Crippen molar-refractivity contribution in [3.8, 4) is 34.5 Å². The van der Waals surface area contributed by atoms with Gasteiger partial charge in [-0.15, -0.1) is 0 Å². The van der Waals surface area contributed by atoms with Crippen LogP contribution < -0.4 is 28.4 Å². The number of carbonyl (C=O) groups excluding carboxylic acids is 5. The van der Waals surface area contributed by atoms with Crippen molar-refractivity contribution in [3.05, 3.63) is 109 Å². The average molecular weight is 787 g/mol. The number of esters is 5. The molecule has 15 nitrogen and oxygen atoms in total. The number of aliphatic hydroxyl groups excluding tert-OH is 1. The van der Waals surface area contributed by atoms with Crippen LogP contribution in [0.1, 0.15) is 40.5 Å².